The molecule has 0 saturated carbocycles. The molecule has 0 unspecified atom stereocenters. The van der Waals surface area contributed by atoms with Gasteiger partial charge in [0.1, 0.15) is 0 Å². The van der Waals surface area contributed by atoms with Gasteiger partial charge in [0.2, 0.25) is 0 Å². The molecule has 4 nitrogen and oxygen atoms in total. The van der Waals surface area contributed by atoms with Crippen LogP contribution in [0, 0.1) is 0 Å². The number of ether oxygens (including phenoxy) is 1. The largest absolute Gasteiger partial charge is 0.383 e. The molecule has 18 heavy (non-hydrogen) atoms. The van der Waals surface area contributed by atoms with Gasteiger partial charge in [-0.1, -0.05) is 0 Å². The highest BCUT2D eigenvalue weighted by molar-refractivity contribution is 9.11. The van der Waals surface area contributed by atoms with E-state index < -0.39 is 0 Å². The molecule has 1 rings (SSSR count). The van der Waals surface area contributed by atoms with E-state index >= 15 is 0 Å². The first-order valence-corrected chi connectivity index (χ1v) is 7.49. The fraction of sp³-hybridized carbons (Fsp3) is 0.583. The van der Waals surface area contributed by atoms with Crippen molar-refractivity contribution in [3.05, 3.63) is 31.6 Å². The minimum absolute atomic E-state index is 0.0190. The van der Waals surface area contributed by atoms with Gasteiger partial charge in [-0.3, -0.25) is 4.79 Å². The molecule has 0 radical (unpaired) electrons. The van der Waals surface area contributed by atoms with E-state index in [9.17, 15) is 4.79 Å². The molecule has 0 spiro atoms. The summed E-state index contributed by atoms with van der Waals surface area (Å²) in [5, 5.41) is 3.28. The molecular formula is C12H18Br2N2O2. The summed E-state index contributed by atoms with van der Waals surface area (Å²) in [7, 11) is 1.69. The van der Waals surface area contributed by atoms with Crippen molar-refractivity contribution in [3.8, 4) is 0 Å². The molecule has 0 bridgehead atoms. The van der Waals surface area contributed by atoms with Gasteiger partial charge in [-0.25, -0.2) is 0 Å². The maximum Gasteiger partial charge on any atom is 0.264 e. The SMILES string of the molecule is COCCNCCCCn1cc(Br)cc(Br)c1=O. The minimum atomic E-state index is 0.0190. The maximum atomic E-state index is 11.8. The van der Waals surface area contributed by atoms with Gasteiger partial charge in [0, 0.05) is 30.9 Å². The maximum absolute atomic E-state index is 11.8. The molecule has 0 amide bonds. The second kappa shape index (κ2) is 8.85. The van der Waals surface area contributed by atoms with Crippen molar-refractivity contribution in [2.45, 2.75) is 19.4 Å². The van der Waals surface area contributed by atoms with Crippen LogP contribution in [0.4, 0.5) is 0 Å². The zero-order valence-electron chi connectivity index (χ0n) is 10.4. The number of nitrogens with zero attached hydrogens (tertiary/aromatic N) is 1. The van der Waals surface area contributed by atoms with Crippen LogP contribution in [0.25, 0.3) is 0 Å². The number of hydrogen-bond acceptors (Lipinski definition) is 3. The lowest BCUT2D eigenvalue weighted by Gasteiger charge is -2.07. The Bertz CT molecular complexity index is 421. The van der Waals surface area contributed by atoms with E-state index in [4.69, 9.17) is 4.74 Å². The van der Waals surface area contributed by atoms with Crippen LogP contribution in [-0.2, 0) is 11.3 Å². The fourth-order valence-corrected chi connectivity index (χ4v) is 2.82. The van der Waals surface area contributed by atoms with Crippen LogP contribution in [0.2, 0.25) is 0 Å². The Kier molecular flexibility index (Phi) is 7.81. The molecule has 1 N–H and O–H groups in total. The number of rotatable bonds is 8. The molecule has 0 fully saturated rings. The van der Waals surface area contributed by atoms with Gasteiger partial charge in [-0.2, -0.15) is 0 Å². The highest BCUT2D eigenvalue weighted by Gasteiger charge is 2.02. The van der Waals surface area contributed by atoms with Gasteiger partial charge >= 0.3 is 0 Å². The summed E-state index contributed by atoms with van der Waals surface area (Å²) in [5.74, 6) is 0. The number of hydrogen-bond donors (Lipinski definition) is 1. The average molecular weight is 382 g/mol. The van der Waals surface area contributed by atoms with Crippen LogP contribution >= 0.6 is 31.9 Å². The fourth-order valence-electron chi connectivity index (χ4n) is 1.56. The summed E-state index contributed by atoms with van der Waals surface area (Å²) in [6.07, 6.45) is 3.84. The van der Waals surface area contributed by atoms with Crippen molar-refractivity contribution in [3.63, 3.8) is 0 Å². The van der Waals surface area contributed by atoms with E-state index in [-0.39, 0.29) is 5.56 Å². The molecule has 1 heterocycles. The second-order valence-electron chi connectivity index (χ2n) is 3.95. The highest BCUT2D eigenvalue weighted by atomic mass is 79.9. The molecule has 0 aliphatic carbocycles. The zero-order chi connectivity index (χ0) is 13.4. The Balaban J connectivity index is 2.29. The number of aromatic nitrogens is 1. The van der Waals surface area contributed by atoms with Crippen LogP contribution in [0.15, 0.2) is 26.0 Å². The summed E-state index contributed by atoms with van der Waals surface area (Å²) in [6.45, 7) is 3.30. The Labute approximate surface area is 124 Å². The quantitative estimate of drug-likeness (QED) is 0.703. The van der Waals surface area contributed by atoms with E-state index in [1.165, 1.54) is 0 Å². The van der Waals surface area contributed by atoms with Crippen molar-refractivity contribution < 1.29 is 4.74 Å². The van der Waals surface area contributed by atoms with Gasteiger partial charge in [0.25, 0.3) is 5.56 Å². The summed E-state index contributed by atoms with van der Waals surface area (Å²) >= 11 is 6.64. The number of halogens is 2. The lowest BCUT2D eigenvalue weighted by Crippen LogP contribution is -2.22. The predicted octanol–water partition coefficient (Wildman–Crippen LogP) is 2.39. The van der Waals surface area contributed by atoms with Gasteiger partial charge in [0.15, 0.2) is 0 Å². The summed E-state index contributed by atoms with van der Waals surface area (Å²) in [5.41, 5.74) is 0.0190. The first-order valence-electron chi connectivity index (χ1n) is 5.90. The van der Waals surface area contributed by atoms with Gasteiger partial charge < -0.3 is 14.6 Å². The van der Waals surface area contributed by atoms with E-state index in [0.29, 0.717) is 4.47 Å². The molecule has 0 aliphatic rings. The third-order valence-electron chi connectivity index (χ3n) is 2.49. The number of unbranched alkanes of at least 4 members (excludes halogenated alkanes) is 1. The van der Waals surface area contributed by atoms with Crippen LogP contribution < -0.4 is 10.9 Å². The summed E-state index contributed by atoms with van der Waals surface area (Å²) in [6, 6.07) is 1.77. The predicted molar refractivity (Wildman–Crippen MR) is 80.1 cm³/mol. The van der Waals surface area contributed by atoms with Crippen molar-refractivity contribution in [2.75, 3.05) is 26.8 Å². The van der Waals surface area contributed by atoms with E-state index in [1.54, 1.807) is 17.7 Å². The van der Waals surface area contributed by atoms with Crippen LogP contribution in [0.5, 0.6) is 0 Å². The molecule has 102 valence electrons. The Hall–Kier alpha value is -0.170. The first kappa shape index (κ1) is 15.9. The van der Waals surface area contributed by atoms with Gasteiger partial charge in [-0.15, -0.1) is 0 Å². The smallest absolute Gasteiger partial charge is 0.264 e. The van der Waals surface area contributed by atoms with Crippen molar-refractivity contribution in [2.24, 2.45) is 0 Å². The highest BCUT2D eigenvalue weighted by Crippen LogP contribution is 2.13. The number of methoxy groups -OCH3 is 1. The average Bonchev–Trinajstić information content (AvgIpc) is 2.33. The minimum Gasteiger partial charge on any atom is -0.383 e. The monoisotopic (exact) mass is 380 g/mol. The third-order valence-corrected chi connectivity index (χ3v) is 3.50. The van der Waals surface area contributed by atoms with Crippen molar-refractivity contribution in [1.29, 1.82) is 0 Å². The van der Waals surface area contributed by atoms with E-state index in [2.05, 4.69) is 37.2 Å². The number of pyridine rings is 1. The van der Waals surface area contributed by atoms with Gasteiger partial charge in [0.05, 0.1) is 11.1 Å². The number of nitrogens with one attached hydrogen (secondary N) is 1. The Morgan fingerprint density at radius 3 is 2.83 bits per heavy atom. The first-order chi connectivity index (χ1) is 8.65. The Morgan fingerprint density at radius 2 is 2.11 bits per heavy atom. The summed E-state index contributed by atoms with van der Waals surface area (Å²) < 4.78 is 8.17. The van der Waals surface area contributed by atoms with Crippen molar-refractivity contribution >= 4 is 31.9 Å². The standard InChI is InChI=1S/C12H18Br2N2O2/c1-18-7-5-15-4-2-3-6-16-9-10(13)8-11(14)12(16)17/h8-9,15H,2-7H2,1H3. The van der Waals surface area contributed by atoms with Crippen LogP contribution in [0.3, 0.4) is 0 Å². The molecule has 6 heteroatoms. The Morgan fingerprint density at radius 1 is 1.33 bits per heavy atom. The lowest BCUT2D eigenvalue weighted by molar-refractivity contribution is 0.199. The lowest BCUT2D eigenvalue weighted by atomic mass is 10.3. The van der Waals surface area contributed by atoms with E-state index in [1.807, 2.05) is 6.20 Å². The molecule has 0 atom stereocenters. The molecule has 0 aliphatic heterocycles. The topological polar surface area (TPSA) is 43.3 Å². The zero-order valence-corrected chi connectivity index (χ0v) is 13.6. The second-order valence-corrected chi connectivity index (χ2v) is 5.72. The normalized spacial score (nSPS) is 10.8. The molecule has 0 saturated heterocycles. The molecule has 0 aromatic carbocycles. The molecule has 1 aromatic rings. The van der Waals surface area contributed by atoms with Gasteiger partial charge in [-0.05, 0) is 57.3 Å². The van der Waals surface area contributed by atoms with E-state index in [0.717, 1.165) is 43.6 Å². The molecular weight excluding hydrogens is 364 g/mol. The van der Waals surface area contributed by atoms with Crippen molar-refractivity contribution in [1.82, 2.24) is 9.88 Å². The summed E-state index contributed by atoms with van der Waals surface area (Å²) in [4.78, 5) is 11.8. The van der Waals surface area contributed by atoms with Crippen LogP contribution in [-0.4, -0.2) is 31.4 Å². The number of aryl methyl sites for hydroxylation is 1. The van der Waals surface area contributed by atoms with Crippen LogP contribution in [0.1, 0.15) is 12.8 Å². The third kappa shape index (κ3) is 5.65. The molecule has 1 aromatic heterocycles.